The summed E-state index contributed by atoms with van der Waals surface area (Å²) in [5, 5.41) is 5.15. The van der Waals surface area contributed by atoms with Crippen molar-refractivity contribution >= 4 is 5.91 Å². The van der Waals surface area contributed by atoms with Gasteiger partial charge in [0.15, 0.2) is 5.54 Å². The molecule has 0 aliphatic rings. The summed E-state index contributed by atoms with van der Waals surface area (Å²) in [6, 6.07) is 0. The maximum atomic E-state index is 12.5. The molecule has 0 heterocycles. The Labute approximate surface area is 89.6 Å². The van der Waals surface area contributed by atoms with Gasteiger partial charge >= 0.3 is 6.18 Å². The Hall–Kier alpha value is -1.47. The van der Waals surface area contributed by atoms with Gasteiger partial charge in [0, 0.05) is 11.5 Å². The number of hydrogen-bond acceptors (Lipinski definition) is 3. The van der Waals surface area contributed by atoms with Crippen LogP contribution >= 0.6 is 0 Å². The predicted molar refractivity (Wildman–Crippen MR) is 50.3 cm³/mol. The van der Waals surface area contributed by atoms with E-state index in [9.17, 15) is 18.0 Å². The van der Waals surface area contributed by atoms with Crippen molar-refractivity contribution in [1.29, 1.82) is 0 Å². The lowest BCUT2D eigenvalue weighted by Crippen LogP contribution is -2.62. The summed E-state index contributed by atoms with van der Waals surface area (Å²) in [5.74, 6) is -1.50. The lowest BCUT2D eigenvalue weighted by molar-refractivity contribution is -0.193. The Morgan fingerprint density at radius 1 is 1.56 bits per heavy atom. The fourth-order valence-electron chi connectivity index (χ4n) is 0.860. The van der Waals surface area contributed by atoms with Gasteiger partial charge < -0.3 is 5.73 Å². The fraction of sp³-hybridized carbons (Fsp3) is 0.857. The first-order valence-corrected chi connectivity index (χ1v) is 4.38. The van der Waals surface area contributed by atoms with Crippen molar-refractivity contribution in [3.05, 3.63) is 10.4 Å². The van der Waals surface area contributed by atoms with Crippen LogP contribution in [0.15, 0.2) is 5.11 Å². The molecule has 1 atom stereocenters. The highest BCUT2D eigenvalue weighted by atomic mass is 19.4. The number of azide groups is 1. The first kappa shape index (κ1) is 14.5. The number of carbonyl (C=O) groups excluding carboxylic acids is 1. The molecular formula is C7H12F3N5O. The first-order valence-electron chi connectivity index (χ1n) is 4.38. The minimum Gasteiger partial charge on any atom is -0.368 e. The van der Waals surface area contributed by atoms with E-state index in [1.54, 1.807) is 0 Å². The quantitative estimate of drug-likeness (QED) is 0.313. The molecule has 0 radical (unpaired) electrons. The van der Waals surface area contributed by atoms with Gasteiger partial charge in [0.05, 0.1) is 0 Å². The SMILES string of the molecule is CC(NCCCN=[N+]=[N-])(C(N)=O)C(F)(F)F. The van der Waals surface area contributed by atoms with Crippen molar-refractivity contribution in [2.45, 2.75) is 25.1 Å². The molecule has 9 heteroatoms. The number of primary amides is 1. The zero-order valence-electron chi connectivity index (χ0n) is 8.58. The fourth-order valence-corrected chi connectivity index (χ4v) is 0.860. The summed E-state index contributed by atoms with van der Waals surface area (Å²) in [6.07, 6.45) is -4.58. The molecule has 6 nitrogen and oxygen atoms in total. The number of amides is 1. The molecule has 92 valence electrons. The Kier molecular flexibility index (Phi) is 5.06. The van der Waals surface area contributed by atoms with E-state index >= 15 is 0 Å². The minimum atomic E-state index is -4.77. The molecule has 0 rings (SSSR count). The maximum absolute atomic E-state index is 12.5. The van der Waals surface area contributed by atoms with E-state index in [-0.39, 0.29) is 19.5 Å². The standard InChI is InChI=1S/C7H12F3N5O/c1-6(5(11)16,7(8,9)10)13-3-2-4-14-15-12/h13H,2-4H2,1H3,(H2,11,16). The second kappa shape index (κ2) is 5.57. The zero-order chi connectivity index (χ0) is 12.8. The van der Waals surface area contributed by atoms with Crippen LogP contribution in [0.2, 0.25) is 0 Å². The van der Waals surface area contributed by atoms with E-state index in [2.05, 4.69) is 10.0 Å². The minimum absolute atomic E-state index is 0.0518. The molecule has 3 N–H and O–H groups in total. The molecule has 0 bridgehead atoms. The highest BCUT2D eigenvalue weighted by molar-refractivity contribution is 5.85. The van der Waals surface area contributed by atoms with Gasteiger partial charge in [0.25, 0.3) is 0 Å². The third kappa shape index (κ3) is 3.59. The van der Waals surface area contributed by atoms with Gasteiger partial charge in [0.1, 0.15) is 0 Å². The van der Waals surface area contributed by atoms with Crippen LogP contribution in [0.1, 0.15) is 13.3 Å². The summed E-state index contributed by atoms with van der Waals surface area (Å²) in [7, 11) is 0. The molecule has 0 aliphatic carbocycles. The van der Waals surface area contributed by atoms with Crippen molar-refractivity contribution < 1.29 is 18.0 Å². The van der Waals surface area contributed by atoms with Gasteiger partial charge in [-0.05, 0) is 25.4 Å². The van der Waals surface area contributed by atoms with Crippen LogP contribution in [0.3, 0.4) is 0 Å². The van der Waals surface area contributed by atoms with E-state index < -0.39 is 17.6 Å². The summed E-state index contributed by atoms with van der Waals surface area (Å²) < 4.78 is 37.5. The number of hydrogen-bond donors (Lipinski definition) is 2. The molecule has 0 spiro atoms. The Morgan fingerprint density at radius 3 is 2.50 bits per heavy atom. The van der Waals surface area contributed by atoms with Gasteiger partial charge in [-0.2, -0.15) is 13.2 Å². The van der Waals surface area contributed by atoms with Gasteiger partial charge in [-0.25, -0.2) is 0 Å². The molecule has 0 aromatic carbocycles. The lowest BCUT2D eigenvalue weighted by atomic mass is 10.0. The van der Waals surface area contributed by atoms with Crippen LogP contribution in [0.25, 0.3) is 10.4 Å². The first-order chi connectivity index (χ1) is 7.25. The zero-order valence-corrected chi connectivity index (χ0v) is 8.58. The van der Waals surface area contributed by atoms with E-state index in [1.165, 1.54) is 0 Å². The third-order valence-electron chi connectivity index (χ3n) is 2.04. The summed E-state index contributed by atoms with van der Waals surface area (Å²) in [4.78, 5) is 13.2. The molecular weight excluding hydrogens is 227 g/mol. The molecule has 0 aromatic heterocycles. The van der Waals surface area contributed by atoms with Gasteiger partial charge in [-0.3, -0.25) is 10.1 Å². The van der Waals surface area contributed by atoms with E-state index in [4.69, 9.17) is 11.3 Å². The number of nitrogens with zero attached hydrogens (tertiary/aromatic N) is 3. The van der Waals surface area contributed by atoms with E-state index in [0.29, 0.717) is 6.92 Å². The van der Waals surface area contributed by atoms with Crippen molar-refractivity contribution in [2.75, 3.05) is 13.1 Å². The number of rotatable bonds is 6. The summed E-state index contributed by atoms with van der Waals surface area (Å²) in [6.45, 7) is 0.594. The van der Waals surface area contributed by atoms with Gasteiger partial charge in [-0.1, -0.05) is 5.11 Å². The smallest absolute Gasteiger partial charge is 0.368 e. The van der Waals surface area contributed by atoms with Crippen molar-refractivity contribution in [3.8, 4) is 0 Å². The normalized spacial score (nSPS) is 15.0. The van der Waals surface area contributed by atoms with Crippen LogP contribution in [0.5, 0.6) is 0 Å². The molecule has 16 heavy (non-hydrogen) atoms. The molecule has 1 unspecified atom stereocenters. The predicted octanol–water partition coefficient (Wildman–Crippen LogP) is 1.08. The monoisotopic (exact) mass is 239 g/mol. The highest BCUT2D eigenvalue weighted by Gasteiger charge is 2.55. The number of nitrogens with one attached hydrogen (secondary N) is 1. The Bertz CT molecular complexity index is 299. The van der Waals surface area contributed by atoms with Crippen molar-refractivity contribution in [2.24, 2.45) is 10.8 Å². The summed E-state index contributed by atoms with van der Waals surface area (Å²) >= 11 is 0. The van der Waals surface area contributed by atoms with Gasteiger partial charge in [0.2, 0.25) is 5.91 Å². The number of halogens is 3. The van der Waals surface area contributed by atoms with E-state index in [0.717, 1.165) is 0 Å². The molecule has 0 saturated carbocycles. The van der Waals surface area contributed by atoms with Crippen molar-refractivity contribution in [3.63, 3.8) is 0 Å². The highest BCUT2D eigenvalue weighted by Crippen LogP contribution is 2.29. The number of alkyl halides is 3. The lowest BCUT2D eigenvalue weighted by Gasteiger charge is -2.29. The van der Waals surface area contributed by atoms with Crippen LogP contribution in [0.4, 0.5) is 13.2 Å². The largest absolute Gasteiger partial charge is 0.415 e. The van der Waals surface area contributed by atoms with Crippen molar-refractivity contribution in [1.82, 2.24) is 5.32 Å². The third-order valence-corrected chi connectivity index (χ3v) is 2.04. The van der Waals surface area contributed by atoms with Crippen LogP contribution in [-0.4, -0.2) is 30.7 Å². The second-order valence-electron chi connectivity index (χ2n) is 3.22. The van der Waals surface area contributed by atoms with Crippen LogP contribution < -0.4 is 11.1 Å². The van der Waals surface area contributed by atoms with Crippen LogP contribution in [-0.2, 0) is 4.79 Å². The average Bonchev–Trinajstić information content (AvgIpc) is 2.15. The molecule has 0 saturated heterocycles. The van der Waals surface area contributed by atoms with Crippen LogP contribution in [0, 0.1) is 0 Å². The number of carbonyl (C=O) groups is 1. The number of nitrogens with two attached hydrogens (primary N) is 1. The second-order valence-corrected chi connectivity index (χ2v) is 3.22. The molecule has 0 fully saturated rings. The van der Waals surface area contributed by atoms with E-state index in [1.807, 2.05) is 5.32 Å². The van der Waals surface area contributed by atoms with Gasteiger partial charge in [-0.15, -0.1) is 0 Å². The molecule has 0 aromatic rings. The Morgan fingerprint density at radius 2 is 2.12 bits per heavy atom. The average molecular weight is 239 g/mol. The summed E-state index contributed by atoms with van der Waals surface area (Å²) in [5.41, 5.74) is 9.86. The maximum Gasteiger partial charge on any atom is 0.415 e. The Balaban J connectivity index is 4.37. The molecule has 1 amide bonds. The molecule has 0 aliphatic heterocycles. The topological polar surface area (TPSA) is 104 Å².